The minimum Gasteiger partial charge on any atom is -0.383 e. The maximum absolute atomic E-state index is 13.8. The van der Waals surface area contributed by atoms with Gasteiger partial charge in [-0.3, -0.25) is 4.79 Å². The van der Waals surface area contributed by atoms with E-state index in [1.165, 1.54) is 21.4 Å². The fourth-order valence-electron chi connectivity index (χ4n) is 3.79. The maximum Gasteiger partial charge on any atom is 0.300 e. The van der Waals surface area contributed by atoms with Gasteiger partial charge in [0, 0.05) is 18.1 Å². The van der Waals surface area contributed by atoms with Gasteiger partial charge in [-0.2, -0.15) is 13.8 Å². The summed E-state index contributed by atoms with van der Waals surface area (Å²) >= 11 is 0. The van der Waals surface area contributed by atoms with Gasteiger partial charge in [-0.05, 0) is 56.1 Å². The highest BCUT2D eigenvalue weighted by molar-refractivity contribution is 7.17. The molecule has 1 amide bonds. The van der Waals surface area contributed by atoms with E-state index in [1.54, 1.807) is 0 Å². The van der Waals surface area contributed by atoms with Crippen molar-refractivity contribution in [3.05, 3.63) is 29.1 Å². The second kappa shape index (κ2) is 11.4. The van der Waals surface area contributed by atoms with Gasteiger partial charge in [0.1, 0.15) is 17.6 Å². The Labute approximate surface area is 186 Å². The van der Waals surface area contributed by atoms with E-state index in [0.717, 1.165) is 32.1 Å². The molecule has 0 bridgehead atoms. The molecular weight excluding hydrogens is 419 g/mol. The van der Waals surface area contributed by atoms with Gasteiger partial charge in [-0.1, -0.05) is 43.4 Å². The van der Waals surface area contributed by atoms with Crippen LogP contribution in [0.4, 0.5) is 8.78 Å². The number of aliphatic imine (C=N–C) groups is 1. The largest absolute Gasteiger partial charge is 0.383 e. The Morgan fingerprint density at radius 1 is 1.35 bits per heavy atom. The fraction of sp³-hybridized carbons (Fsp3) is 0.696. The summed E-state index contributed by atoms with van der Waals surface area (Å²) in [7, 11) is 1.50. The molecular formula is C23H36F2N3O2P. The van der Waals surface area contributed by atoms with Gasteiger partial charge in [0.15, 0.2) is 0 Å². The van der Waals surface area contributed by atoms with Gasteiger partial charge in [0.2, 0.25) is 0 Å². The number of carbonyl (C=O) groups excluding carboxylic acids is 1. The molecule has 0 spiro atoms. The molecule has 4 unspecified atom stereocenters. The quantitative estimate of drug-likeness (QED) is 0.284. The SMILES string of the molecule is CCC(C)CCC(CC(C)C)C(=O)N=C(N)c1ccc(C(F)(F)P)nc1C1CCCO1. The Balaban J connectivity index is 2.33. The second-order valence-electron chi connectivity index (χ2n) is 9.01. The van der Waals surface area contributed by atoms with Crippen molar-refractivity contribution in [1.29, 1.82) is 0 Å². The van der Waals surface area contributed by atoms with E-state index in [2.05, 4.69) is 37.7 Å². The lowest BCUT2D eigenvalue weighted by atomic mass is 9.89. The van der Waals surface area contributed by atoms with Crippen LogP contribution in [0.2, 0.25) is 0 Å². The second-order valence-corrected chi connectivity index (χ2v) is 9.73. The third-order valence-corrected chi connectivity index (χ3v) is 6.11. The first-order valence-corrected chi connectivity index (χ1v) is 11.8. The number of carbonyl (C=O) groups is 1. The van der Waals surface area contributed by atoms with E-state index in [-0.39, 0.29) is 23.4 Å². The molecule has 1 aliphatic rings. The fourth-order valence-corrected chi connectivity index (χ4v) is 3.95. The first-order chi connectivity index (χ1) is 14.5. The zero-order chi connectivity index (χ0) is 23.2. The summed E-state index contributed by atoms with van der Waals surface area (Å²) in [6.45, 7) is 9.02. The highest BCUT2D eigenvalue weighted by Crippen LogP contribution is 2.36. The lowest BCUT2D eigenvalue weighted by Crippen LogP contribution is -2.24. The molecule has 174 valence electrons. The highest BCUT2D eigenvalue weighted by Gasteiger charge is 2.31. The molecule has 4 atom stereocenters. The van der Waals surface area contributed by atoms with E-state index in [9.17, 15) is 13.6 Å². The minimum atomic E-state index is -3.16. The molecule has 1 aromatic heterocycles. The average Bonchev–Trinajstić information content (AvgIpc) is 3.23. The summed E-state index contributed by atoms with van der Waals surface area (Å²) in [4.78, 5) is 21.3. The number of amides is 1. The van der Waals surface area contributed by atoms with Gasteiger partial charge in [0.25, 0.3) is 11.6 Å². The number of amidine groups is 1. The average molecular weight is 456 g/mol. The van der Waals surface area contributed by atoms with Crippen molar-refractivity contribution in [2.75, 3.05) is 6.61 Å². The summed E-state index contributed by atoms with van der Waals surface area (Å²) in [5, 5.41) is 0. The Bertz CT molecular complexity index is 775. The third-order valence-electron chi connectivity index (χ3n) is 5.82. The van der Waals surface area contributed by atoms with Crippen molar-refractivity contribution in [1.82, 2.24) is 4.98 Å². The number of nitrogens with zero attached hydrogens (tertiary/aromatic N) is 2. The van der Waals surface area contributed by atoms with Crippen LogP contribution in [0.1, 0.15) is 89.3 Å². The van der Waals surface area contributed by atoms with Crippen LogP contribution < -0.4 is 5.73 Å². The minimum absolute atomic E-state index is 0.0129. The number of halogens is 2. The van der Waals surface area contributed by atoms with Crippen LogP contribution in [-0.4, -0.2) is 23.3 Å². The predicted molar refractivity (Wildman–Crippen MR) is 123 cm³/mol. The van der Waals surface area contributed by atoms with Crippen LogP contribution in [0.25, 0.3) is 0 Å². The number of alkyl halides is 2. The van der Waals surface area contributed by atoms with Gasteiger partial charge in [-0.25, -0.2) is 4.98 Å². The smallest absolute Gasteiger partial charge is 0.300 e. The number of rotatable bonds is 10. The summed E-state index contributed by atoms with van der Waals surface area (Å²) in [5.74, 6) is 0.449. The monoisotopic (exact) mass is 455 g/mol. The molecule has 2 N–H and O–H groups in total. The molecule has 2 rings (SSSR count). The van der Waals surface area contributed by atoms with E-state index < -0.39 is 11.8 Å². The lowest BCUT2D eigenvalue weighted by molar-refractivity contribution is -0.122. The van der Waals surface area contributed by atoms with Crippen molar-refractivity contribution in [3.8, 4) is 0 Å². The summed E-state index contributed by atoms with van der Waals surface area (Å²) in [5.41, 5.74) is 3.39. The predicted octanol–water partition coefficient (Wildman–Crippen LogP) is 5.58. The van der Waals surface area contributed by atoms with Gasteiger partial charge < -0.3 is 10.5 Å². The first-order valence-electron chi connectivity index (χ1n) is 11.2. The van der Waals surface area contributed by atoms with Gasteiger partial charge in [0.05, 0.1) is 5.69 Å². The van der Waals surface area contributed by atoms with Crippen LogP contribution in [0.3, 0.4) is 0 Å². The zero-order valence-electron chi connectivity index (χ0n) is 19.0. The summed E-state index contributed by atoms with van der Waals surface area (Å²) < 4.78 is 33.3. The van der Waals surface area contributed by atoms with Crippen molar-refractivity contribution in [2.45, 2.75) is 78.0 Å². The topological polar surface area (TPSA) is 77.6 Å². The molecule has 2 heterocycles. The Hall–Kier alpha value is -1.46. The number of aromatic nitrogens is 1. The molecule has 0 aromatic carbocycles. The molecule has 8 heteroatoms. The van der Waals surface area contributed by atoms with Crippen molar-refractivity contribution >= 4 is 21.0 Å². The molecule has 0 aliphatic carbocycles. The van der Waals surface area contributed by atoms with Crippen LogP contribution in [0.15, 0.2) is 17.1 Å². The Morgan fingerprint density at radius 3 is 2.61 bits per heavy atom. The summed E-state index contributed by atoms with van der Waals surface area (Å²) in [6, 6.07) is 2.70. The third kappa shape index (κ3) is 7.57. The number of hydrogen-bond donors (Lipinski definition) is 1. The maximum atomic E-state index is 13.8. The van der Waals surface area contributed by atoms with E-state index >= 15 is 0 Å². The molecule has 1 fully saturated rings. The number of nitrogens with two attached hydrogens (primary N) is 1. The zero-order valence-corrected chi connectivity index (χ0v) is 20.2. The molecule has 1 aromatic rings. The standard InChI is InChI=1S/C23H36F2N3O2P/c1-5-15(4)8-9-16(13-14(2)3)22(29)28-21(26)17-10-11-19(23(24,25)31)27-20(17)18-7-6-12-30-18/h10-11,14-16,18H,5-9,12-13,31H2,1-4H3,(H2,26,28,29). The normalized spacial score (nSPS) is 19.6. The van der Waals surface area contributed by atoms with E-state index in [0.29, 0.717) is 36.1 Å². The molecule has 0 radical (unpaired) electrons. The Morgan fingerprint density at radius 2 is 2.06 bits per heavy atom. The summed E-state index contributed by atoms with van der Waals surface area (Å²) in [6.07, 6.45) is 4.57. The van der Waals surface area contributed by atoms with Crippen molar-refractivity contribution < 1.29 is 18.3 Å². The van der Waals surface area contributed by atoms with Crippen LogP contribution in [0, 0.1) is 17.8 Å². The van der Waals surface area contributed by atoms with E-state index in [1.807, 2.05) is 0 Å². The lowest BCUT2D eigenvalue weighted by Gasteiger charge is -2.19. The van der Waals surface area contributed by atoms with Crippen molar-refractivity contribution in [3.63, 3.8) is 0 Å². The van der Waals surface area contributed by atoms with Crippen LogP contribution in [0.5, 0.6) is 0 Å². The molecule has 0 saturated carbocycles. The molecule has 1 saturated heterocycles. The van der Waals surface area contributed by atoms with Crippen LogP contribution in [-0.2, 0) is 15.2 Å². The van der Waals surface area contributed by atoms with E-state index in [4.69, 9.17) is 10.5 Å². The van der Waals surface area contributed by atoms with Crippen molar-refractivity contribution in [2.24, 2.45) is 28.5 Å². The molecule has 1 aliphatic heterocycles. The molecule has 31 heavy (non-hydrogen) atoms. The van der Waals surface area contributed by atoms with Crippen LogP contribution >= 0.6 is 9.24 Å². The number of ether oxygens (including phenoxy) is 1. The Kier molecular flexibility index (Phi) is 9.50. The molecule has 5 nitrogen and oxygen atoms in total. The number of hydrogen-bond acceptors (Lipinski definition) is 3. The number of pyridine rings is 1. The highest BCUT2D eigenvalue weighted by atomic mass is 31.0. The van der Waals surface area contributed by atoms with Gasteiger partial charge in [-0.15, -0.1) is 0 Å². The first kappa shape index (κ1) is 25.8. The van der Waals surface area contributed by atoms with Gasteiger partial charge >= 0.3 is 0 Å².